The van der Waals surface area contributed by atoms with Gasteiger partial charge in [-0.05, 0) is 45.9 Å². The molecule has 0 aromatic rings. The van der Waals surface area contributed by atoms with E-state index >= 15 is 0 Å². The Labute approximate surface area is 89.9 Å². The third-order valence-corrected chi connectivity index (χ3v) is 2.38. The van der Waals surface area contributed by atoms with Crippen molar-refractivity contribution in [3.05, 3.63) is 6.92 Å². The fourth-order valence-corrected chi connectivity index (χ4v) is 1.46. The van der Waals surface area contributed by atoms with Crippen LogP contribution < -0.4 is 10.6 Å². The molecule has 0 amide bonds. The molecule has 0 aliphatic carbocycles. The summed E-state index contributed by atoms with van der Waals surface area (Å²) in [4.78, 5) is 0. The number of unbranched alkanes of at least 4 members (excludes halogenated alkanes) is 5. The van der Waals surface area contributed by atoms with Crippen LogP contribution in [0, 0.1) is 6.92 Å². The van der Waals surface area contributed by atoms with Crippen LogP contribution in [0.15, 0.2) is 0 Å². The van der Waals surface area contributed by atoms with Crippen LogP contribution in [0.1, 0.15) is 44.9 Å². The molecule has 0 aromatic carbocycles. The van der Waals surface area contributed by atoms with E-state index in [0.29, 0.717) is 0 Å². The van der Waals surface area contributed by atoms with Crippen LogP contribution in [-0.2, 0) is 0 Å². The minimum Gasteiger partial charge on any atom is -0.320 e. The van der Waals surface area contributed by atoms with Crippen molar-refractivity contribution in [2.45, 2.75) is 44.9 Å². The van der Waals surface area contributed by atoms with E-state index in [0.717, 1.165) is 13.0 Å². The summed E-state index contributed by atoms with van der Waals surface area (Å²) in [5.41, 5.74) is 0. The Morgan fingerprint density at radius 1 is 0.786 bits per heavy atom. The molecule has 0 spiro atoms. The predicted octanol–water partition coefficient (Wildman–Crippen LogP) is 2.36. The molecule has 0 unspecified atom stereocenters. The van der Waals surface area contributed by atoms with Gasteiger partial charge in [0.15, 0.2) is 0 Å². The highest BCUT2D eigenvalue weighted by Crippen LogP contribution is 1.97. The highest BCUT2D eigenvalue weighted by Gasteiger charge is 1.90. The molecule has 0 aromatic heterocycles. The second-order valence-electron chi connectivity index (χ2n) is 3.83. The Kier molecular flexibility index (Phi) is 12.8. The Hall–Kier alpha value is -0.0800. The summed E-state index contributed by atoms with van der Waals surface area (Å²) in [5.74, 6) is 0. The van der Waals surface area contributed by atoms with Gasteiger partial charge in [-0.15, -0.1) is 0 Å². The van der Waals surface area contributed by atoms with Gasteiger partial charge in [-0.1, -0.05) is 32.6 Å². The minimum absolute atomic E-state index is 1.08. The maximum Gasteiger partial charge on any atom is -0.00489 e. The summed E-state index contributed by atoms with van der Waals surface area (Å²) in [5, 5.41) is 6.64. The number of hydrogen-bond donors (Lipinski definition) is 2. The minimum atomic E-state index is 1.08. The second kappa shape index (κ2) is 12.9. The number of rotatable bonds is 11. The molecule has 0 bridgehead atoms. The van der Waals surface area contributed by atoms with Crippen LogP contribution in [0.25, 0.3) is 0 Å². The molecule has 2 heteroatoms. The third-order valence-electron chi connectivity index (χ3n) is 2.38. The molecule has 0 saturated carbocycles. The number of hydrogen-bond acceptors (Lipinski definition) is 2. The van der Waals surface area contributed by atoms with Gasteiger partial charge in [0.2, 0.25) is 0 Å². The Morgan fingerprint density at radius 3 is 1.93 bits per heavy atom. The summed E-state index contributed by atoms with van der Waals surface area (Å²) < 4.78 is 0. The summed E-state index contributed by atoms with van der Waals surface area (Å²) in [6, 6.07) is 0. The SMILES string of the molecule is [CH2]CCCCNCCCCCCNC. The Balaban J connectivity index is 2.78. The Bertz CT molecular complexity index is 82.3. The van der Waals surface area contributed by atoms with E-state index in [2.05, 4.69) is 17.6 Å². The van der Waals surface area contributed by atoms with Gasteiger partial charge in [0, 0.05) is 0 Å². The molecule has 85 valence electrons. The molecule has 0 aliphatic heterocycles. The first-order chi connectivity index (χ1) is 6.91. The van der Waals surface area contributed by atoms with Crippen LogP contribution >= 0.6 is 0 Å². The molecule has 2 nitrogen and oxygen atoms in total. The molecular formula is C12H27N2. The van der Waals surface area contributed by atoms with E-state index in [1.165, 1.54) is 51.6 Å². The molecule has 0 saturated heterocycles. The fourth-order valence-electron chi connectivity index (χ4n) is 1.46. The van der Waals surface area contributed by atoms with Crippen LogP contribution in [0.4, 0.5) is 0 Å². The van der Waals surface area contributed by atoms with E-state index in [1.807, 2.05) is 7.05 Å². The van der Waals surface area contributed by atoms with Crippen LogP contribution in [0.3, 0.4) is 0 Å². The average Bonchev–Trinajstić information content (AvgIpc) is 2.21. The van der Waals surface area contributed by atoms with Crippen LogP contribution in [0.5, 0.6) is 0 Å². The first-order valence-electron chi connectivity index (χ1n) is 6.06. The van der Waals surface area contributed by atoms with E-state index in [4.69, 9.17) is 0 Å². The molecule has 0 fully saturated rings. The highest BCUT2D eigenvalue weighted by atomic mass is 14.8. The molecule has 0 atom stereocenters. The monoisotopic (exact) mass is 199 g/mol. The molecular weight excluding hydrogens is 172 g/mol. The molecule has 1 radical (unpaired) electrons. The maximum atomic E-state index is 3.83. The van der Waals surface area contributed by atoms with Crippen molar-refractivity contribution in [1.82, 2.24) is 10.6 Å². The highest BCUT2D eigenvalue weighted by molar-refractivity contribution is 4.51. The molecule has 14 heavy (non-hydrogen) atoms. The standard InChI is InChI=1S/C12H27N2/c1-3-4-7-11-14-12-9-6-5-8-10-13-2/h13-14H,1,3-12H2,2H3. The van der Waals surface area contributed by atoms with Crippen molar-refractivity contribution in [2.75, 3.05) is 26.7 Å². The molecule has 0 heterocycles. The van der Waals surface area contributed by atoms with Crippen molar-refractivity contribution in [2.24, 2.45) is 0 Å². The van der Waals surface area contributed by atoms with Crippen molar-refractivity contribution in [3.8, 4) is 0 Å². The van der Waals surface area contributed by atoms with E-state index in [-0.39, 0.29) is 0 Å². The van der Waals surface area contributed by atoms with Gasteiger partial charge in [-0.3, -0.25) is 0 Å². The van der Waals surface area contributed by atoms with Gasteiger partial charge in [-0.25, -0.2) is 0 Å². The van der Waals surface area contributed by atoms with Crippen LogP contribution in [0.2, 0.25) is 0 Å². The first kappa shape index (κ1) is 13.9. The lowest BCUT2D eigenvalue weighted by Crippen LogP contribution is -2.16. The Morgan fingerprint density at radius 2 is 1.36 bits per heavy atom. The van der Waals surface area contributed by atoms with Gasteiger partial charge < -0.3 is 10.6 Å². The quantitative estimate of drug-likeness (QED) is 0.499. The van der Waals surface area contributed by atoms with Crippen molar-refractivity contribution >= 4 is 0 Å². The zero-order valence-electron chi connectivity index (χ0n) is 9.78. The predicted molar refractivity (Wildman–Crippen MR) is 64.5 cm³/mol. The van der Waals surface area contributed by atoms with Gasteiger partial charge in [-0.2, -0.15) is 0 Å². The zero-order chi connectivity index (χ0) is 10.5. The van der Waals surface area contributed by atoms with Crippen molar-refractivity contribution in [3.63, 3.8) is 0 Å². The van der Waals surface area contributed by atoms with E-state index in [9.17, 15) is 0 Å². The fraction of sp³-hybridized carbons (Fsp3) is 0.917. The lowest BCUT2D eigenvalue weighted by atomic mass is 10.2. The van der Waals surface area contributed by atoms with E-state index in [1.54, 1.807) is 0 Å². The largest absolute Gasteiger partial charge is 0.320 e. The summed E-state index contributed by atoms with van der Waals surface area (Å²) in [6.07, 6.45) is 8.99. The van der Waals surface area contributed by atoms with Gasteiger partial charge in [0.05, 0.1) is 0 Å². The maximum absolute atomic E-state index is 3.83. The topological polar surface area (TPSA) is 24.1 Å². The lowest BCUT2D eigenvalue weighted by Gasteiger charge is -2.04. The summed E-state index contributed by atoms with van der Waals surface area (Å²) >= 11 is 0. The zero-order valence-corrected chi connectivity index (χ0v) is 9.78. The molecule has 2 N–H and O–H groups in total. The second-order valence-corrected chi connectivity index (χ2v) is 3.83. The average molecular weight is 199 g/mol. The lowest BCUT2D eigenvalue weighted by molar-refractivity contribution is 0.563. The number of nitrogens with one attached hydrogen (secondary N) is 2. The van der Waals surface area contributed by atoms with E-state index < -0.39 is 0 Å². The van der Waals surface area contributed by atoms with Crippen molar-refractivity contribution in [1.29, 1.82) is 0 Å². The van der Waals surface area contributed by atoms with Crippen LogP contribution in [-0.4, -0.2) is 26.7 Å². The summed E-state index contributed by atoms with van der Waals surface area (Å²) in [6.45, 7) is 7.36. The smallest absolute Gasteiger partial charge is 0.00489 e. The van der Waals surface area contributed by atoms with Crippen molar-refractivity contribution < 1.29 is 0 Å². The summed E-state index contributed by atoms with van der Waals surface area (Å²) in [7, 11) is 2.02. The molecule has 0 aliphatic rings. The normalized spacial score (nSPS) is 10.7. The first-order valence-corrected chi connectivity index (χ1v) is 6.06. The van der Waals surface area contributed by atoms with Gasteiger partial charge >= 0.3 is 0 Å². The molecule has 0 rings (SSSR count). The van der Waals surface area contributed by atoms with Gasteiger partial charge in [0.1, 0.15) is 0 Å². The third kappa shape index (κ3) is 11.9. The van der Waals surface area contributed by atoms with Gasteiger partial charge in [0.25, 0.3) is 0 Å².